The van der Waals surface area contributed by atoms with Crippen LogP contribution in [0.5, 0.6) is 0 Å². The van der Waals surface area contributed by atoms with Crippen LogP contribution >= 0.6 is 11.3 Å². The molecule has 0 unspecified atom stereocenters. The lowest BCUT2D eigenvalue weighted by atomic mass is 10.1. The minimum Gasteiger partial charge on any atom is -0.481 e. The number of rotatable bonds is 4. The summed E-state index contributed by atoms with van der Waals surface area (Å²) in [5, 5.41) is 10.8. The van der Waals surface area contributed by atoms with Gasteiger partial charge in [0.15, 0.2) is 9.84 Å². The van der Waals surface area contributed by atoms with Crippen LogP contribution in [0.4, 0.5) is 0 Å². The fourth-order valence-electron chi connectivity index (χ4n) is 1.81. The van der Waals surface area contributed by atoms with Gasteiger partial charge in [0.2, 0.25) is 0 Å². The molecule has 4 nitrogen and oxygen atoms in total. The van der Waals surface area contributed by atoms with E-state index in [1.165, 1.54) is 11.3 Å². The van der Waals surface area contributed by atoms with Crippen molar-refractivity contribution in [3.8, 4) is 0 Å². The van der Waals surface area contributed by atoms with Crippen LogP contribution in [-0.2, 0) is 21.1 Å². The van der Waals surface area contributed by atoms with E-state index in [0.29, 0.717) is 10.9 Å². The lowest BCUT2D eigenvalue weighted by Crippen LogP contribution is -2.13. The summed E-state index contributed by atoms with van der Waals surface area (Å²) in [6, 6.07) is 4.90. The zero-order valence-electron chi connectivity index (χ0n) is 10.6. The molecule has 0 aliphatic carbocycles. The first-order chi connectivity index (χ1) is 8.82. The van der Waals surface area contributed by atoms with Crippen molar-refractivity contribution in [1.29, 1.82) is 0 Å². The largest absolute Gasteiger partial charge is 0.481 e. The second kappa shape index (κ2) is 4.94. The first-order valence-corrected chi connectivity index (χ1v) is 8.21. The maximum absolute atomic E-state index is 12.1. The van der Waals surface area contributed by atoms with Crippen LogP contribution in [0.15, 0.2) is 28.5 Å². The van der Waals surface area contributed by atoms with E-state index in [4.69, 9.17) is 5.11 Å². The first kappa shape index (κ1) is 14.0. The number of fused-ring (bicyclic) bond motifs is 1. The van der Waals surface area contributed by atoms with Gasteiger partial charge in [0.1, 0.15) is 0 Å². The molecule has 6 heteroatoms. The fraction of sp³-hybridized carbons (Fsp3) is 0.308. The summed E-state index contributed by atoms with van der Waals surface area (Å²) in [5.74, 6) is -0.920. The Balaban J connectivity index is 2.59. The first-order valence-electron chi connectivity index (χ1n) is 5.78. The van der Waals surface area contributed by atoms with E-state index in [-0.39, 0.29) is 11.3 Å². The Morgan fingerprint density at radius 1 is 1.37 bits per heavy atom. The smallest absolute Gasteiger partial charge is 0.307 e. The van der Waals surface area contributed by atoms with Gasteiger partial charge in [0.05, 0.1) is 16.6 Å². The van der Waals surface area contributed by atoms with Crippen LogP contribution in [0.3, 0.4) is 0 Å². The number of carboxylic acids is 1. The highest BCUT2D eigenvalue weighted by atomic mass is 32.2. The molecule has 0 aliphatic heterocycles. The van der Waals surface area contributed by atoms with Gasteiger partial charge in [-0.25, -0.2) is 8.42 Å². The van der Waals surface area contributed by atoms with Gasteiger partial charge in [-0.15, -0.1) is 11.3 Å². The Bertz CT molecular complexity index is 726. The van der Waals surface area contributed by atoms with Crippen molar-refractivity contribution in [3.05, 3.63) is 29.1 Å². The van der Waals surface area contributed by atoms with Crippen molar-refractivity contribution in [3.63, 3.8) is 0 Å². The lowest BCUT2D eigenvalue weighted by molar-refractivity contribution is -0.136. The van der Waals surface area contributed by atoms with Gasteiger partial charge in [-0.3, -0.25) is 4.79 Å². The highest BCUT2D eigenvalue weighted by Gasteiger charge is 2.20. The van der Waals surface area contributed by atoms with Crippen molar-refractivity contribution >= 4 is 37.2 Å². The van der Waals surface area contributed by atoms with Crippen molar-refractivity contribution in [2.75, 3.05) is 0 Å². The number of carbonyl (C=O) groups is 1. The van der Waals surface area contributed by atoms with Gasteiger partial charge in [0.25, 0.3) is 0 Å². The number of hydrogen-bond acceptors (Lipinski definition) is 4. The Morgan fingerprint density at radius 3 is 2.63 bits per heavy atom. The number of aliphatic carboxylic acids is 1. The van der Waals surface area contributed by atoms with Crippen molar-refractivity contribution in [2.24, 2.45) is 0 Å². The number of hydrogen-bond donors (Lipinski definition) is 1. The van der Waals surface area contributed by atoms with Gasteiger partial charge in [0, 0.05) is 4.70 Å². The molecule has 0 aliphatic rings. The minimum absolute atomic E-state index is 0.0921. The monoisotopic (exact) mass is 298 g/mol. The second-order valence-electron chi connectivity index (χ2n) is 4.58. The summed E-state index contributed by atoms with van der Waals surface area (Å²) in [6.07, 6.45) is -0.0921. The predicted molar refractivity (Wildman–Crippen MR) is 75.5 cm³/mol. The van der Waals surface area contributed by atoms with Gasteiger partial charge >= 0.3 is 5.97 Å². The van der Waals surface area contributed by atoms with Crippen LogP contribution in [0.2, 0.25) is 0 Å². The predicted octanol–water partition coefficient (Wildman–Crippen LogP) is 2.71. The molecule has 1 aromatic heterocycles. The summed E-state index contributed by atoms with van der Waals surface area (Å²) in [6.45, 7) is 3.26. The summed E-state index contributed by atoms with van der Waals surface area (Å²) in [4.78, 5) is 11.0. The van der Waals surface area contributed by atoms with Crippen LogP contribution in [0, 0.1) is 0 Å². The molecule has 0 amide bonds. The number of carboxylic acid groups (broad SMARTS) is 1. The molecule has 1 N–H and O–H groups in total. The highest BCUT2D eigenvalue weighted by Crippen LogP contribution is 2.29. The van der Waals surface area contributed by atoms with Gasteiger partial charge in [-0.1, -0.05) is 0 Å². The van der Waals surface area contributed by atoms with Crippen LogP contribution in [-0.4, -0.2) is 24.7 Å². The Hall–Kier alpha value is -1.40. The molecule has 2 aromatic rings. The number of thiophene rings is 1. The van der Waals surface area contributed by atoms with Crippen molar-refractivity contribution < 1.29 is 18.3 Å². The molecule has 0 spiro atoms. The molecule has 1 heterocycles. The Labute approximate surface area is 115 Å². The third-order valence-corrected chi connectivity index (χ3v) is 6.08. The summed E-state index contributed by atoms with van der Waals surface area (Å²) >= 11 is 1.43. The summed E-state index contributed by atoms with van der Waals surface area (Å²) in [5.41, 5.74) is 0.660. The fourth-order valence-corrected chi connectivity index (χ4v) is 3.84. The molecule has 0 atom stereocenters. The molecule has 19 heavy (non-hydrogen) atoms. The molecule has 0 radical (unpaired) electrons. The zero-order chi connectivity index (χ0) is 14.2. The van der Waals surface area contributed by atoms with E-state index < -0.39 is 21.1 Å². The third kappa shape index (κ3) is 2.64. The average molecular weight is 298 g/mol. The highest BCUT2D eigenvalue weighted by molar-refractivity contribution is 7.92. The molecule has 0 bridgehead atoms. The van der Waals surface area contributed by atoms with Gasteiger partial charge in [-0.05, 0) is 48.4 Å². The molecule has 0 saturated carbocycles. The van der Waals surface area contributed by atoms with Crippen LogP contribution in [0.25, 0.3) is 10.1 Å². The molecular weight excluding hydrogens is 284 g/mol. The molecule has 0 saturated heterocycles. The Morgan fingerprint density at radius 2 is 2.05 bits per heavy atom. The van der Waals surface area contributed by atoms with E-state index >= 15 is 0 Å². The zero-order valence-corrected chi connectivity index (χ0v) is 12.2. The Kier molecular flexibility index (Phi) is 3.64. The quantitative estimate of drug-likeness (QED) is 0.942. The molecule has 2 rings (SSSR count). The molecular formula is C13H14O4S2. The minimum atomic E-state index is -3.33. The third-order valence-electron chi connectivity index (χ3n) is 2.92. The number of benzene rings is 1. The van der Waals surface area contributed by atoms with E-state index in [1.807, 2.05) is 0 Å². The maximum Gasteiger partial charge on any atom is 0.307 e. The van der Waals surface area contributed by atoms with Crippen LogP contribution in [0.1, 0.15) is 19.4 Å². The lowest BCUT2D eigenvalue weighted by Gasteiger charge is -2.08. The van der Waals surface area contributed by atoms with Gasteiger partial charge < -0.3 is 5.11 Å². The summed E-state index contributed by atoms with van der Waals surface area (Å²) in [7, 11) is -3.33. The second-order valence-corrected chi connectivity index (χ2v) is 8.00. The van der Waals surface area contributed by atoms with E-state index in [0.717, 1.165) is 4.70 Å². The summed E-state index contributed by atoms with van der Waals surface area (Å²) < 4.78 is 25.1. The maximum atomic E-state index is 12.1. The number of sulfone groups is 1. The van der Waals surface area contributed by atoms with Crippen molar-refractivity contribution in [2.45, 2.75) is 30.4 Å². The standard InChI is InChI=1S/C13H14O4S2/c1-8(2)19(16,17)10-3-4-12-11(6-10)9(7-18-12)5-13(14)15/h3-4,6-8H,5H2,1-2H3,(H,14,15). The van der Waals surface area contributed by atoms with E-state index in [2.05, 4.69) is 0 Å². The average Bonchev–Trinajstić information content (AvgIpc) is 2.71. The molecule has 0 fully saturated rings. The van der Waals surface area contributed by atoms with Crippen LogP contribution < -0.4 is 0 Å². The topological polar surface area (TPSA) is 71.4 Å². The SMILES string of the molecule is CC(C)S(=O)(=O)c1ccc2scc(CC(=O)O)c2c1. The van der Waals surface area contributed by atoms with Crippen molar-refractivity contribution in [1.82, 2.24) is 0 Å². The molecule has 1 aromatic carbocycles. The normalized spacial score (nSPS) is 12.2. The van der Waals surface area contributed by atoms with Gasteiger partial charge in [-0.2, -0.15) is 0 Å². The molecule has 102 valence electrons. The van der Waals surface area contributed by atoms with E-state index in [1.54, 1.807) is 37.4 Å². The van der Waals surface area contributed by atoms with E-state index in [9.17, 15) is 13.2 Å².